The number of carbonyl (C=O) groups is 1. The molecular weight excluding hydrogens is 501 g/mol. The van der Waals surface area contributed by atoms with Gasteiger partial charge in [0.05, 0.1) is 43.1 Å². The molecule has 2 unspecified atom stereocenters. The molecule has 6 rings (SSSR count). The lowest BCUT2D eigenvalue weighted by molar-refractivity contribution is 0.0240. The molecule has 10 heteroatoms. The Morgan fingerprint density at radius 3 is 2.74 bits per heavy atom. The minimum atomic E-state index is -0.413. The third kappa shape index (κ3) is 5.04. The van der Waals surface area contributed by atoms with Crippen molar-refractivity contribution < 1.29 is 23.4 Å². The molecule has 3 heterocycles. The number of benzene rings is 2. The highest BCUT2D eigenvalue weighted by Crippen LogP contribution is 2.55. The molecule has 0 bridgehead atoms. The van der Waals surface area contributed by atoms with E-state index in [4.69, 9.17) is 14.2 Å². The molecular formula is C29H30FN5O4. The number of esters is 1. The van der Waals surface area contributed by atoms with E-state index in [1.54, 1.807) is 40.7 Å². The molecule has 0 spiro atoms. The van der Waals surface area contributed by atoms with Gasteiger partial charge in [-0.2, -0.15) is 5.10 Å². The van der Waals surface area contributed by atoms with E-state index in [-0.39, 0.29) is 30.3 Å². The summed E-state index contributed by atoms with van der Waals surface area (Å²) in [7, 11) is 1.83. The van der Waals surface area contributed by atoms with Gasteiger partial charge in [-0.3, -0.25) is 4.68 Å². The second-order valence-electron chi connectivity index (χ2n) is 9.94. The molecule has 1 saturated heterocycles. The van der Waals surface area contributed by atoms with Gasteiger partial charge in [0.1, 0.15) is 11.7 Å². The molecule has 4 aromatic rings. The standard InChI is InChI=1S/C29H30FN5O4/c1-3-38-29(36)24-16-31-35(28(24)23-15-22(23)25-17-34(2)33-32-25)19-7-4-6-18(14-19)21-8-5-9-26(27(21)30)39-20-10-12-37-13-11-20/h4-9,14,16-17,20,22-23H,3,10-13,15H2,1-2H3. The van der Waals surface area contributed by atoms with Crippen molar-refractivity contribution in [3.05, 3.63) is 77.6 Å². The molecule has 2 aliphatic rings. The van der Waals surface area contributed by atoms with E-state index in [0.717, 1.165) is 36.3 Å². The Kier molecular flexibility index (Phi) is 6.86. The van der Waals surface area contributed by atoms with Gasteiger partial charge in [0.15, 0.2) is 11.6 Å². The smallest absolute Gasteiger partial charge is 0.341 e. The van der Waals surface area contributed by atoms with Crippen molar-refractivity contribution in [2.45, 2.75) is 44.1 Å². The first-order valence-electron chi connectivity index (χ1n) is 13.3. The van der Waals surface area contributed by atoms with Gasteiger partial charge in [0.25, 0.3) is 0 Å². The molecule has 2 atom stereocenters. The second kappa shape index (κ2) is 10.6. The van der Waals surface area contributed by atoms with Crippen LogP contribution in [-0.4, -0.2) is 56.7 Å². The van der Waals surface area contributed by atoms with Crippen LogP contribution in [-0.2, 0) is 16.5 Å². The number of hydrogen-bond donors (Lipinski definition) is 0. The molecule has 202 valence electrons. The van der Waals surface area contributed by atoms with E-state index in [9.17, 15) is 4.79 Å². The first-order chi connectivity index (χ1) is 19.0. The van der Waals surface area contributed by atoms with Crippen molar-refractivity contribution in [3.63, 3.8) is 0 Å². The normalized spacial score (nSPS) is 19.2. The van der Waals surface area contributed by atoms with Crippen LogP contribution in [0.2, 0.25) is 0 Å². The fourth-order valence-electron chi connectivity index (χ4n) is 5.25. The van der Waals surface area contributed by atoms with Crippen LogP contribution in [0, 0.1) is 5.82 Å². The fraction of sp³-hybridized carbons (Fsp3) is 0.379. The van der Waals surface area contributed by atoms with Crippen LogP contribution in [0.15, 0.2) is 54.9 Å². The minimum Gasteiger partial charge on any atom is -0.487 e. The molecule has 2 fully saturated rings. The number of rotatable bonds is 8. The summed E-state index contributed by atoms with van der Waals surface area (Å²) in [5, 5.41) is 12.9. The highest BCUT2D eigenvalue weighted by atomic mass is 19.1. The van der Waals surface area contributed by atoms with Crippen molar-refractivity contribution in [1.29, 1.82) is 0 Å². The first kappa shape index (κ1) is 25.2. The maximum Gasteiger partial charge on any atom is 0.341 e. The molecule has 1 aliphatic carbocycles. The molecule has 0 radical (unpaired) electrons. The number of carbonyl (C=O) groups excluding carboxylic acids is 1. The van der Waals surface area contributed by atoms with Crippen LogP contribution in [0.4, 0.5) is 4.39 Å². The van der Waals surface area contributed by atoms with Crippen molar-refractivity contribution >= 4 is 5.97 Å². The zero-order chi connectivity index (χ0) is 26.9. The van der Waals surface area contributed by atoms with Crippen molar-refractivity contribution in [2.24, 2.45) is 7.05 Å². The van der Waals surface area contributed by atoms with Crippen molar-refractivity contribution in [2.75, 3.05) is 19.8 Å². The van der Waals surface area contributed by atoms with E-state index < -0.39 is 11.8 Å². The van der Waals surface area contributed by atoms with Gasteiger partial charge in [-0.1, -0.05) is 29.5 Å². The van der Waals surface area contributed by atoms with Crippen molar-refractivity contribution in [3.8, 4) is 22.6 Å². The maximum atomic E-state index is 15.6. The topological polar surface area (TPSA) is 93.3 Å². The third-order valence-corrected chi connectivity index (χ3v) is 7.27. The summed E-state index contributed by atoms with van der Waals surface area (Å²) >= 11 is 0. The largest absolute Gasteiger partial charge is 0.487 e. The zero-order valence-corrected chi connectivity index (χ0v) is 21.9. The summed E-state index contributed by atoms with van der Waals surface area (Å²) < 4.78 is 35.8. The Labute approximate surface area is 225 Å². The highest BCUT2D eigenvalue weighted by Gasteiger charge is 2.46. The summed E-state index contributed by atoms with van der Waals surface area (Å²) in [6, 6.07) is 12.7. The van der Waals surface area contributed by atoms with Gasteiger partial charge >= 0.3 is 5.97 Å². The lowest BCUT2D eigenvalue weighted by atomic mass is 10.0. The molecule has 9 nitrogen and oxygen atoms in total. The molecule has 39 heavy (non-hydrogen) atoms. The van der Waals surface area contributed by atoms with Crippen LogP contribution in [0.1, 0.15) is 59.8 Å². The van der Waals surface area contributed by atoms with Gasteiger partial charge in [-0.25, -0.2) is 13.9 Å². The number of nitrogens with zero attached hydrogens (tertiary/aromatic N) is 5. The van der Waals surface area contributed by atoms with E-state index in [0.29, 0.717) is 29.9 Å². The number of aromatic nitrogens is 5. The Morgan fingerprint density at radius 1 is 1.15 bits per heavy atom. The molecule has 1 aliphatic heterocycles. The van der Waals surface area contributed by atoms with Crippen LogP contribution in [0.25, 0.3) is 16.8 Å². The van der Waals surface area contributed by atoms with Crippen LogP contribution < -0.4 is 4.74 Å². The van der Waals surface area contributed by atoms with Crippen LogP contribution in [0.5, 0.6) is 5.75 Å². The minimum absolute atomic E-state index is 0.0280. The highest BCUT2D eigenvalue weighted by molar-refractivity contribution is 5.91. The van der Waals surface area contributed by atoms with Gasteiger partial charge in [-0.15, -0.1) is 5.10 Å². The third-order valence-electron chi connectivity index (χ3n) is 7.27. The van der Waals surface area contributed by atoms with E-state index in [1.807, 2.05) is 37.5 Å². The lowest BCUT2D eigenvalue weighted by Gasteiger charge is -2.24. The van der Waals surface area contributed by atoms with Crippen LogP contribution >= 0.6 is 0 Å². The van der Waals surface area contributed by atoms with Gasteiger partial charge < -0.3 is 14.2 Å². The Hall–Kier alpha value is -4.05. The lowest BCUT2D eigenvalue weighted by Crippen LogP contribution is -2.26. The van der Waals surface area contributed by atoms with Gasteiger partial charge in [0, 0.05) is 43.5 Å². The summed E-state index contributed by atoms with van der Waals surface area (Å²) in [5.41, 5.74) is 3.91. The summed E-state index contributed by atoms with van der Waals surface area (Å²) in [4.78, 5) is 12.8. The van der Waals surface area contributed by atoms with Crippen LogP contribution in [0.3, 0.4) is 0 Å². The molecule has 2 aromatic heterocycles. The average molecular weight is 532 g/mol. The Morgan fingerprint density at radius 2 is 1.97 bits per heavy atom. The maximum absolute atomic E-state index is 15.6. The number of hydrogen-bond acceptors (Lipinski definition) is 7. The monoisotopic (exact) mass is 531 g/mol. The number of halogens is 1. The Balaban J connectivity index is 1.34. The van der Waals surface area contributed by atoms with E-state index >= 15 is 4.39 Å². The fourth-order valence-corrected chi connectivity index (χ4v) is 5.25. The molecule has 0 amide bonds. The zero-order valence-electron chi connectivity index (χ0n) is 21.9. The first-order valence-corrected chi connectivity index (χ1v) is 13.3. The summed E-state index contributed by atoms with van der Waals surface area (Å²) in [6.45, 7) is 3.28. The second-order valence-corrected chi connectivity index (χ2v) is 9.94. The van der Waals surface area contributed by atoms with E-state index in [1.165, 1.54) is 0 Å². The molecule has 1 saturated carbocycles. The van der Waals surface area contributed by atoms with E-state index in [2.05, 4.69) is 15.4 Å². The van der Waals surface area contributed by atoms with Crippen molar-refractivity contribution in [1.82, 2.24) is 24.8 Å². The predicted molar refractivity (Wildman–Crippen MR) is 140 cm³/mol. The number of aryl methyl sites for hydroxylation is 1. The number of ether oxygens (including phenoxy) is 3. The SMILES string of the molecule is CCOC(=O)c1cnn(-c2cccc(-c3cccc(OC4CCOCC4)c3F)c2)c1C1CC1c1cn(C)nn1. The Bertz CT molecular complexity index is 1490. The molecule has 2 aromatic carbocycles. The van der Waals surface area contributed by atoms with Gasteiger partial charge in [-0.05, 0) is 37.1 Å². The summed E-state index contributed by atoms with van der Waals surface area (Å²) in [6.07, 6.45) is 5.67. The van der Waals surface area contributed by atoms with Gasteiger partial charge in [0.2, 0.25) is 0 Å². The predicted octanol–water partition coefficient (Wildman–Crippen LogP) is 4.81. The molecule has 0 N–H and O–H groups in total. The summed E-state index contributed by atoms with van der Waals surface area (Å²) in [5.74, 6) is -0.427. The quantitative estimate of drug-likeness (QED) is 0.301. The average Bonchev–Trinajstić information content (AvgIpc) is 3.40.